The van der Waals surface area contributed by atoms with Gasteiger partial charge in [0.1, 0.15) is 20.8 Å². The summed E-state index contributed by atoms with van der Waals surface area (Å²) in [4.78, 5) is 27.1. The largest absolute Gasteiger partial charge is 0.464 e. The second kappa shape index (κ2) is 11.4. The van der Waals surface area contributed by atoms with Gasteiger partial charge >= 0.3 is 5.97 Å². The van der Waals surface area contributed by atoms with Crippen LogP contribution in [-0.2, 0) is 30.7 Å². The first-order valence-corrected chi connectivity index (χ1v) is 9.14. The highest BCUT2D eigenvalue weighted by molar-refractivity contribution is 6.43. The van der Waals surface area contributed by atoms with Crippen LogP contribution in [0.5, 0.6) is 0 Å². The summed E-state index contributed by atoms with van der Waals surface area (Å²) in [7, 11) is 4.16. The van der Waals surface area contributed by atoms with Crippen LogP contribution in [0.1, 0.15) is 36.1 Å². The number of benzene rings is 2. The van der Waals surface area contributed by atoms with Crippen molar-refractivity contribution < 1.29 is 24.0 Å². The first-order valence-electron chi connectivity index (χ1n) is 9.14. The number of carbonyl (C=O) groups excluding carboxylic acids is 1. The topological polar surface area (TPSA) is 91.1 Å². The lowest BCUT2D eigenvalue weighted by atomic mass is 10.0. The van der Waals surface area contributed by atoms with E-state index in [1.807, 2.05) is 50.2 Å². The predicted octanol–water partition coefficient (Wildman–Crippen LogP) is 3.52. The number of hydrogen-bond donors (Lipinski definition) is 0. The molecule has 8 nitrogen and oxygen atoms in total. The maximum absolute atomic E-state index is 12.0. The second-order valence-electron chi connectivity index (χ2n) is 6.16. The molecule has 0 saturated carbocycles. The third kappa shape index (κ3) is 5.91. The molecule has 0 radical (unpaired) electrons. The minimum Gasteiger partial charge on any atom is -0.464 e. The van der Waals surface area contributed by atoms with Crippen LogP contribution in [0.3, 0.4) is 0 Å². The average molecular weight is 411 g/mol. The van der Waals surface area contributed by atoms with Gasteiger partial charge in [0.05, 0.1) is 18.5 Å². The molecule has 0 bridgehead atoms. The molecule has 0 fully saturated rings. The van der Waals surface area contributed by atoms with Crippen LogP contribution in [0.25, 0.3) is 0 Å². The second-order valence-corrected chi connectivity index (χ2v) is 6.16. The maximum Gasteiger partial charge on any atom is 0.360 e. The van der Waals surface area contributed by atoms with Crippen molar-refractivity contribution in [3.05, 3.63) is 70.8 Å². The molecule has 2 aromatic rings. The van der Waals surface area contributed by atoms with Crippen molar-refractivity contribution in [2.24, 2.45) is 15.5 Å². The number of carbonyl (C=O) groups is 1. The van der Waals surface area contributed by atoms with E-state index in [1.54, 1.807) is 12.1 Å². The molecule has 0 heterocycles. The van der Waals surface area contributed by atoms with E-state index in [0.29, 0.717) is 11.3 Å². The van der Waals surface area contributed by atoms with E-state index in [1.165, 1.54) is 21.3 Å². The molecule has 0 aromatic heterocycles. The van der Waals surface area contributed by atoms with Gasteiger partial charge in [-0.25, -0.2) is 4.79 Å². The Labute approximate surface area is 175 Å². The van der Waals surface area contributed by atoms with Gasteiger partial charge < -0.3 is 19.2 Å². The number of ether oxygens (including phenoxy) is 1. The monoisotopic (exact) mass is 411 g/mol. The third-order valence-electron chi connectivity index (χ3n) is 4.20. The quantitative estimate of drug-likeness (QED) is 0.358. The fourth-order valence-corrected chi connectivity index (χ4v) is 2.66. The molecule has 0 spiro atoms. The minimum atomic E-state index is -0.601. The van der Waals surface area contributed by atoms with Gasteiger partial charge in [0.2, 0.25) is 0 Å². The number of hydrogen-bond acceptors (Lipinski definition) is 8. The Kier molecular flexibility index (Phi) is 8.56. The standard InChI is InChI=1S/C22H25N3O5/c1-15(23-28-4)17-10-12-18(13-11-17)16(2)24-30-14-19-8-6-7-9-20(19)21(25-29-5)22(26)27-3/h6-13H,14H2,1-5H3/b23-15+,24-16+,25-21+. The number of rotatable bonds is 9. The smallest absolute Gasteiger partial charge is 0.360 e. The van der Waals surface area contributed by atoms with Crippen LogP contribution in [0.4, 0.5) is 0 Å². The van der Waals surface area contributed by atoms with E-state index in [9.17, 15) is 4.79 Å². The Morgan fingerprint density at radius 2 is 1.37 bits per heavy atom. The molecule has 0 amide bonds. The zero-order valence-corrected chi connectivity index (χ0v) is 17.7. The minimum absolute atomic E-state index is 0.0589. The molecule has 2 rings (SSSR count). The number of oxime groups is 3. The summed E-state index contributed by atoms with van der Waals surface area (Å²) in [5, 5.41) is 11.9. The van der Waals surface area contributed by atoms with E-state index in [2.05, 4.69) is 15.5 Å². The van der Waals surface area contributed by atoms with Crippen molar-refractivity contribution >= 4 is 23.1 Å². The van der Waals surface area contributed by atoms with E-state index >= 15 is 0 Å². The molecule has 0 N–H and O–H groups in total. The zero-order valence-electron chi connectivity index (χ0n) is 17.7. The van der Waals surface area contributed by atoms with Crippen LogP contribution < -0.4 is 0 Å². The van der Waals surface area contributed by atoms with Gasteiger partial charge in [-0.15, -0.1) is 0 Å². The summed E-state index contributed by atoms with van der Waals surface area (Å²) in [5.41, 5.74) is 4.69. The molecular formula is C22H25N3O5. The molecule has 0 unspecified atom stereocenters. The summed E-state index contributed by atoms with van der Waals surface area (Å²) >= 11 is 0. The first kappa shape index (κ1) is 22.6. The van der Waals surface area contributed by atoms with Gasteiger partial charge in [-0.3, -0.25) is 0 Å². The average Bonchev–Trinajstić information content (AvgIpc) is 2.77. The fraction of sp³-hybridized carbons (Fsp3) is 0.273. The van der Waals surface area contributed by atoms with Crippen molar-refractivity contribution in [3.8, 4) is 0 Å². The molecule has 158 valence electrons. The number of nitrogens with zero attached hydrogens (tertiary/aromatic N) is 3. The van der Waals surface area contributed by atoms with E-state index in [-0.39, 0.29) is 12.3 Å². The molecule has 0 atom stereocenters. The van der Waals surface area contributed by atoms with Gasteiger partial charge in [0, 0.05) is 11.1 Å². The normalized spacial score (nSPS) is 12.4. The Bertz CT molecular complexity index is 950. The first-order chi connectivity index (χ1) is 14.5. The molecule has 0 aliphatic heterocycles. The van der Waals surface area contributed by atoms with Crippen molar-refractivity contribution in [1.82, 2.24) is 0 Å². The van der Waals surface area contributed by atoms with Crippen molar-refractivity contribution in [2.45, 2.75) is 20.5 Å². The summed E-state index contributed by atoms with van der Waals surface area (Å²) in [6.45, 7) is 3.86. The van der Waals surface area contributed by atoms with E-state index in [0.717, 1.165) is 22.4 Å². The van der Waals surface area contributed by atoms with Crippen LogP contribution in [-0.4, -0.2) is 44.4 Å². The van der Waals surface area contributed by atoms with Gasteiger partial charge in [0.25, 0.3) is 0 Å². The Morgan fingerprint density at radius 3 is 1.93 bits per heavy atom. The molecule has 8 heteroatoms. The Balaban J connectivity index is 2.14. The van der Waals surface area contributed by atoms with Crippen LogP contribution in [0.2, 0.25) is 0 Å². The number of esters is 1. The third-order valence-corrected chi connectivity index (χ3v) is 4.20. The van der Waals surface area contributed by atoms with Gasteiger partial charge in [-0.1, -0.05) is 64.0 Å². The Hall–Kier alpha value is -3.68. The van der Waals surface area contributed by atoms with Crippen LogP contribution in [0.15, 0.2) is 64.0 Å². The molecule has 2 aromatic carbocycles. The van der Waals surface area contributed by atoms with Crippen LogP contribution in [0, 0.1) is 0 Å². The molecule has 30 heavy (non-hydrogen) atoms. The zero-order chi connectivity index (χ0) is 21.9. The maximum atomic E-state index is 12.0. The van der Waals surface area contributed by atoms with Crippen LogP contribution >= 0.6 is 0 Å². The summed E-state index contributed by atoms with van der Waals surface area (Å²) in [5.74, 6) is -0.601. The van der Waals surface area contributed by atoms with Gasteiger partial charge in [0.15, 0.2) is 5.71 Å². The molecule has 0 saturated heterocycles. The molecular weight excluding hydrogens is 386 g/mol. The SMILES string of the molecule is CO/N=C(\C)c1ccc(/C(C)=N/OCc2ccccc2/C(=N\OC)C(=O)OC)cc1. The lowest BCUT2D eigenvalue weighted by molar-refractivity contribution is -0.132. The summed E-state index contributed by atoms with van der Waals surface area (Å²) in [6.07, 6.45) is 0. The lowest BCUT2D eigenvalue weighted by Crippen LogP contribution is -2.19. The highest BCUT2D eigenvalue weighted by Gasteiger charge is 2.19. The van der Waals surface area contributed by atoms with E-state index in [4.69, 9.17) is 19.2 Å². The van der Waals surface area contributed by atoms with Gasteiger partial charge in [-0.2, -0.15) is 0 Å². The van der Waals surface area contributed by atoms with Gasteiger partial charge in [-0.05, 0) is 25.0 Å². The fourth-order valence-electron chi connectivity index (χ4n) is 2.66. The van der Waals surface area contributed by atoms with Crippen molar-refractivity contribution in [1.29, 1.82) is 0 Å². The lowest BCUT2D eigenvalue weighted by Gasteiger charge is -2.10. The van der Waals surface area contributed by atoms with Crippen molar-refractivity contribution in [2.75, 3.05) is 21.3 Å². The van der Waals surface area contributed by atoms with E-state index < -0.39 is 5.97 Å². The highest BCUT2D eigenvalue weighted by Crippen LogP contribution is 2.14. The summed E-state index contributed by atoms with van der Waals surface area (Å²) < 4.78 is 4.78. The van der Waals surface area contributed by atoms with Crippen molar-refractivity contribution in [3.63, 3.8) is 0 Å². The Morgan fingerprint density at radius 1 is 0.800 bits per heavy atom. The molecule has 0 aliphatic carbocycles. The summed E-state index contributed by atoms with van der Waals surface area (Å²) in [6, 6.07) is 14.9. The molecule has 0 aliphatic rings. The predicted molar refractivity (Wildman–Crippen MR) is 115 cm³/mol. The number of methoxy groups -OCH3 is 1. The highest BCUT2D eigenvalue weighted by atomic mass is 16.6.